The largest absolute Gasteiger partial charge is 0.394 e. The second-order valence-electron chi connectivity index (χ2n) is 3.89. The van der Waals surface area contributed by atoms with Crippen molar-refractivity contribution < 1.29 is 9.90 Å². The van der Waals surface area contributed by atoms with Crippen LogP contribution in [-0.4, -0.2) is 54.2 Å². The molecule has 1 aliphatic rings. The first-order chi connectivity index (χ1) is 6.07. The number of hydrogen-bond donors (Lipinski definition) is 1. The molecule has 4 heteroatoms. The van der Waals surface area contributed by atoms with E-state index in [2.05, 4.69) is 6.92 Å². The van der Waals surface area contributed by atoms with Gasteiger partial charge in [-0.1, -0.05) is 6.92 Å². The van der Waals surface area contributed by atoms with Crippen LogP contribution in [0.1, 0.15) is 13.3 Å². The lowest BCUT2D eigenvalue weighted by atomic mass is 10.0. The highest BCUT2D eigenvalue weighted by molar-refractivity contribution is 5.74. The van der Waals surface area contributed by atoms with Gasteiger partial charge < -0.3 is 14.9 Å². The Labute approximate surface area is 79.1 Å². The van der Waals surface area contributed by atoms with Crippen LogP contribution in [0.2, 0.25) is 0 Å². The third-order valence-electron chi connectivity index (χ3n) is 2.70. The maximum Gasteiger partial charge on any atom is 0.319 e. The van der Waals surface area contributed by atoms with E-state index in [1.54, 1.807) is 23.9 Å². The van der Waals surface area contributed by atoms with E-state index in [1.165, 1.54) is 0 Å². The third kappa shape index (κ3) is 1.94. The molecule has 0 aromatic heterocycles. The number of likely N-dealkylation sites (tertiary alicyclic amines) is 1. The van der Waals surface area contributed by atoms with E-state index in [1.807, 2.05) is 0 Å². The summed E-state index contributed by atoms with van der Waals surface area (Å²) in [6, 6.07) is 0.0123. The quantitative estimate of drug-likeness (QED) is 0.643. The van der Waals surface area contributed by atoms with Crippen molar-refractivity contribution in [2.24, 2.45) is 5.92 Å². The van der Waals surface area contributed by atoms with Crippen LogP contribution in [0.25, 0.3) is 0 Å². The molecule has 0 spiro atoms. The van der Waals surface area contributed by atoms with Gasteiger partial charge in [-0.25, -0.2) is 4.79 Å². The molecule has 4 nitrogen and oxygen atoms in total. The zero-order valence-electron chi connectivity index (χ0n) is 8.53. The number of nitrogens with zero attached hydrogens (tertiary/aromatic N) is 2. The van der Waals surface area contributed by atoms with Crippen LogP contribution in [0, 0.1) is 5.92 Å². The van der Waals surface area contributed by atoms with Crippen LogP contribution in [0.15, 0.2) is 0 Å². The van der Waals surface area contributed by atoms with E-state index in [4.69, 9.17) is 5.11 Å². The van der Waals surface area contributed by atoms with Gasteiger partial charge in [0.25, 0.3) is 0 Å². The molecule has 0 aromatic rings. The summed E-state index contributed by atoms with van der Waals surface area (Å²) in [7, 11) is 3.47. The first-order valence-electron chi connectivity index (χ1n) is 4.66. The van der Waals surface area contributed by atoms with Crippen molar-refractivity contribution in [2.45, 2.75) is 19.4 Å². The minimum atomic E-state index is 0.00315. The summed E-state index contributed by atoms with van der Waals surface area (Å²) < 4.78 is 0. The fourth-order valence-electron chi connectivity index (χ4n) is 1.78. The molecule has 1 saturated heterocycles. The van der Waals surface area contributed by atoms with Gasteiger partial charge in [0.1, 0.15) is 0 Å². The van der Waals surface area contributed by atoms with Crippen molar-refractivity contribution in [1.82, 2.24) is 9.80 Å². The maximum absolute atomic E-state index is 11.6. The highest BCUT2D eigenvalue weighted by Crippen LogP contribution is 2.23. The molecule has 0 aliphatic carbocycles. The Morgan fingerprint density at radius 2 is 2.23 bits per heavy atom. The third-order valence-corrected chi connectivity index (χ3v) is 2.70. The Morgan fingerprint density at radius 3 is 2.69 bits per heavy atom. The summed E-state index contributed by atoms with van der Waals surface area (Å²) >= 11 is 0. The molecule has 1 fully saturated rings. The van der Waals surface area contributed by atoms with E-state index in [0.29, 0.717) is 5.92 Å². The van der Waals surface area contributed by atoms with Crippen LogP contribution >= 0.6 is 0 Å². The van der Waals surface area contributed by atoms with Gasteiger partial charge in [0.05, 0.1) is 12.6 Å². The molecule has 0 radical (unpaired) electrons. The zero-order valence-corrected chi connectivity index (χ0v) is 8.53. The molecule has 2 unspecified atom stereocenters. The van der Waals surface area contributed by atoms with Crippen molar-refractivity contribution >= 4 is 6.03 Å². The normalized spacial score (nSPS) is 27.8. The molecule has 1 N–H and O–H groups in total. The summed E-state index contributed by atoms with van der Waals surface area (Å²) in [6.07, 6.45) is 0.991. The van der Waals surface area contributed by atoms with E-state index in [9.17, 15) is 4.79 Å². The first kappa shape index (κ1) is 10.3. The maximum atomic E-state index is 11.6. The molecule has 0 bridgehead atoms. The topological polar surface area (TPSA) is 43.8 Å². The van der Waals surface area contributed by atoms with Crippen LogP contribution in [-0.2, 0) is 0 Å². The average Bonchev–Trinajstić information content (AvgIpc) is 2.45. The number of carbonyl (C=O) groups excluding carboxylic acids is 1. The molecule has 13 heavy (non-hydrogen) atoms. The molecular formula is C9H18N2O2. The van der Waals surface area contributed by atoms with Crippen molar-refractivity contribution in [3.05, 3.63) is 0 Å². The molecule has 2 atom stereocenters. The molecule has 0 saturated carbocycles. The van der Waals surface area contributed by atoms with E-state index >= 15 is 0 Å². The van der Waals surface area contributed by atoms with Crippen LogP contribution in [0.5, 0.6) is 0 Å². The van der Waals surface area contributed by atoms with Crippen LogP contribution in [0.3, 0.4) is 0 Å². The second-order valence-corrected chi connectivity index (χ2v) is 3.89. The Morgan fingerprint density at radius 1 is 1.62 bits per heavy atom. The average molecular weight is 186 g/mol. The van der Waals surface area contributed by atoms with Crippen molar-refractivity contribution in [2.75, 3.05) is 27.2 Å². The summed E-state index contributed by atoms with van der Waals surface area (Å²) in [5.41, 5.74) is 0. The standard InChI is InChI=1S/C9H18N2O2/c1-7-4-5-11(8(7)6-12)9(13)10(2)3/h7-8,12H,4-6H2,1-3H3. The molecule has 2 amide bonds. The van der Waals surface area contributed by atoms with Gasteiger partial charge >= 0.3 is 6.03 Å². The number of aliphatic hydroxyl groups excluding tert-OH is 1. The molecule has 1 rings (SSSR count). The van der Waals surface area contributed by atoms with E-state index in [0.717, 1.165) is 13.0 Å². The highest BCUT2D eigenvalue weighted by atomic mass is 16.3. The van der Waals surface area contributed by atoms with Crippen LogP contribution in [0.4, 0.5) is 4.79 Å². The van der Waals surface area contributed by atoms with Gasteiger partial charge in [0, 0.05) is 20.6 Å². The zero-order chi connectivity index (χ0) is 10.0. The van der Waals surface area contributed by atoms with Crippen LogP contribution < -0.4 is 0 Å². The first-order valence-corrected chi connectivity index (χ1v) is 4.66. The van der Waals surface area contributed by atoms with Gasteiger partial charge in [-0.2, -0.15) is 0 Å². The van der Waals surface area contributed by atoms with E-state index < -0.39 is 0 Å². The Bertz CT molecular complexity index is 194. The monoisotopic (exact) mass is 186 g/mol. The summed E-state index contributed by atoms with van der Waals surface area (Å²) in [5.74, 6) is 0.411. The smallest absolute Gasteiger partial charge is 0.319 e. The summed E-state index contributed by atoms with van der Waals surface area (Å²) in [5, 5.41) is 9.13. The SMILES string of the molecule is CC1CCN(C(=O)N(C)C)C1CO. The molecule has 76 valence electrons. The number of hydrogen-bond acceptors (Lipinski definition) is 2. The Kier molecular flexibility index (Phi) is 3.14. The molecular weight excluding hydrogens is 168 g/mol. The predicted octanol–water partition coefficient (Wildman–Crippen LogP) is 0.371. The number of amides is 2. The molecule has 0 aromatic carbocycles. The lowest BCUT2D eigenvalue weighted by Crippen LogP contribution is -2.44. The molecule has 1 aliphatic heterocycles. The Balaban J connectivity index is 2.65. The number of rotatable bonds is 1. The van der Waals surface area contributed by atoms with Gasteiger partial charge in [-0.05, 0) is 12.3 Å². The van der Waals surface area contributed by atoms with Crippen molar-refractivity contribution in [1.29, 1.82) is 0 Å². The van der Waals surface area contributed by atoms with Gasteiger partial charge in [-0.3, -0.25) is 0 Å². The number of carbonyl (C=O) groups is 1. The summed E-state index contributed by atoms with van der Waals surface area (Å²) in [4.78, 5) is 14.9. The number of aliphatic hydroxyl groups is 1. The van der Waals surface area contributed by atoms with Crippen molar-refractivity contribution in [3.8, 4) is 0 Å². The lowest BCUT2D eigenvalue weighted by Gasteiger charge is -2.27. The fourth-order valence-corrected chi connectivity index (χ4v) is 1.78. The summed E-state index contributed by atoms with van der Waals surface area (Å²) in [6.45, 7) is 2.91. The van der Waals surface area contributed by atoms with Gasteiger partial charge in [0.15, 0.2) is 0 Å². The second kappa shape index (κ2) is 3.96. The van der Waals surface area contributed by atoms with Crippen molar-refractivity contribution in [3.63, 3.8) is 0 Å². The fraction of sp³-hybridized carbons (Fsp3) is 0.889. The van der Waals surface area contributed by atoms with Gasteiger partial charge in [0.2, 0.25) is 0 Å². The Hall–Kier alpha value is -0.770. The minimum absolute atomic E-state index is 0.00315. The minimum Gasteiger partial charge on any atom is -0.394 e. The highest BCUT2D eigenvalue weighted by Gasteiger charge is 2.34. The lowest BCUT2D eigenvalue weighted by molar-refractivity contribution is 0.127. The molecule has 1 heterocycles. The van der Waals surface area contributed by atoms with Gasteiger partial charge in [-0.15, -0.1) is 0 Å². The predicted molar refractivity (Wildman–Crippen MR) is 50.4 cm³/mol. The van der Waals surface area contributed by atoms with E-state index in [-0.39, 0.29) is 18.7 Å². The number of urea groups is 1.